The zero-order valence-corrected chi connectivity index (χ0v) is 14.4. The van der Waals surface area contributed by atoms with Gasteiger partial charge in [-0.05, 0) is 42.2 Å². The van der Waals surface area contributed by atoms with Gasteiger partial charge in [-0.15, -0.1) is 0 Å². The molecule has 0 bridgehead atoms. The minimum atomic E-state index is 0.696. The maximum absolute atomic E-state index is 4.63. The van der Waals surface area contributed by atoms with Crippen LogP contribution in [0.15, 0.2) is 127 Å². The molecule has 1 rings (SSSR count). The van der Waals surface area contributed by atoms with Crippen molar-refractivity contribution < 1.29 is 0 Å². The molecule has 0 aromatic carbocycles. The first-order valence-electron chi connectivity index (χ1n) is 7.87. The third-order valence-corrected chi connectivity index (χ3v) is 3.14. The maximum atomic E-state index is 4.63. The van der Waals surface area contributed by atoms with Gasteiger partial charge in [-0.25, -0.2) is 4.99 Å². The van der Waals surface area contributed by atoms with E-state index < -0.39 is 0 Å². The van der Waals surface area contributed by atoms with Crippen LogP contribution in [0.1, 0.15) is 13.3 Å². The van der Waals surface area contributed by atoms with E-state index in [1.807, 2.05) is 61.6 Å². The van der Waals surface area contributed by atoms with Crippen molar-refractivity contribution in [1.82, 2.24) is 0 Å². The summed E-state index contributed by atoms with van der Waals surface area (Å²) in [6, 6.07) is 0. The van der Waals surface area contributed by atoms with Crippen molar-refractivity contribution in [2.45, 2.75) is 13.3 Å². The molecule has 24 heavy (non-hydrogen) atoms. The zero-order valence-electron chi connectivity index (χ0n) is 14.4. The Hall–Kier alpha value is -2.93. The molecule has 1 nitrogen and oxygen atoms in total. The average Bonchev–Trinajstić information content (AvgIpc) is 2.57. The van der Waals surface area contributed by atoms with E-state index in [1.165, 1.54) is 0 Å². The quantitative estimate of drug-likeness (QED) is 0.399. The van der Waals surface area contributed by atoms with Crippen LogP contribution in [0.25, 0.3) is 0 Å². The molecule has 0 unspecified atom stereocenters. The van der Waals surface area contributed by atoms with Gasteiger partial charge >= 0.3 is 0 Å². The Balaban J connectivity index is 3.28. The first-order chi connectivity index (χ1) is 11.6. The van der Waals surface area contributed by atoms with Crippen molar-refractivity contribution in [3.8, 4) is 0 Å². The van der Waals surface area contributed by atoms with Crippen LogP contribution in [0.4, 0.5) is 0 Å². The van der Waals surface area contributed by atoms with Gasteiger partial charge in [0.1, 0.15) is 0 Å². The van der Waals surface area contributed by atoms with Crippen LogP contribution >= 0.6 is 0 Å². The van der Waals surface area contributed by atoms with Crippen LogP contribution in [0.2, 0.25) is 0 Å². The lowest BCUT2D eigenvalue weighted by Crippen LogP contribution is -1.99. The second-order valence-corrected chi connectivity index (χ2v) is 5.19. The third kappa shape index (κ3) is 7.37. The average molecular weight is 315 g/mol. The molecule has 0 aromatic heterocycles. The number of hydrogen-bond acceptors (Lipinski definition) is 1. The third-order valence-electron chi connectivity index (χ3n) is 3.14. The monoisotopic (exact) mass is 315 g/mol. The van der Waals surface area contributed by atoms with Crippen molar-refractivity contribution in [3.63, 3.8) is 0 Å². The van der Waals surface area contributed by atoms with Crippen molar-refractivity contribution in [1.29, 1.82) is 0 Å². The molecule has 0 aliphatic heterocycles. The summed E-state index contributed by atoms with van der Waals surface area (Å²) in [6.45, 7) is 17.6. The van der Waals surface area contributed by atoms with Gasteiger partial charge < -0.3 is 0 Å². The molecule has 0 spiro atoms. The largest absolute Gasteiger partial charge is 0.249 e. The summed E-state index contributed by atoms with van der Waals surface area (Å²) in [5.41, 5.74) is 4.29. The van der Waals surface area contributed by atoms with Gasteiger partial charge in [0, 0.05) is 0 Å². The summed E-state index contributed by atoms with van der Waals surface area (Å²) in [7, 11) is 0. The fourth-order valence-corrected chi connectivity index (χ4v) is 1.88. The summed E-state index contributed by atoms with van der Waals surface area (Å²) in [4.78, 5) is 4.63. The molecule has 122 valence electrons. The van der Waals surface area contributed by atoms with Gasteiger partial charge in [-0.2, -0.15) is 0 Å². The van der Waals surface area contributed by atoms with Gasteiger partial charge in [-0.3, -0.25) is 0 Å². The molecule has 0 heterocycles. The minimum absolute atomic E-state index is 0.696. The van der Waals surface area contributed by atoms with E-state index in [0.717, 1.165) is 28.9 Å². The number of aliphatic imine (C=N–C) groups is 1. The molecular weight excluding hydrogens is 290 g/mol. The number of allylic oxidation sites excluding steroid dienone is 15. The molecule has 1 heteroatoms. The molecule has 0 fully saturated rings. The lowest BCUT2D eigenvalue weighted by molar-refractivity contribution is 1.35. The standard InChI is InChI=1S/C23H25N/c1-6-12-21(5)24-23(18-16-19(3)7-2)22-14-11-9-8-10-13-20(4)15-17-22/h6-10,12-18H,2-5,11H2,1H3/b9-8-,12-6-,13-10-,17-15-,18-16-,22-14+,24-23+. The molecular formula is C23H25N. The van der Waals surface area contributed by atoms with Crippen LogP contribution in [0.3, 0.4) is 0 Å². The van der Waals surface area contributed by atoms with E-state index in [9.17, 15) is 0 Å². The van der Waals surface area contributed by atoms with E-state index in [1.54, 1.807) is 6.08 Å². The van der Waals surface area contributed by atoms with E-state index in [2.05, 4.69) is 43.5 Å². The highest BCUT2D eigenvalue weighted by molar-refractivity contribution is 6.11. The van der Waals surface area contributed by atoms with E-state index in [4.69, 9.17) is 0 Å². The smallest absolute Gasteiger partial charge is 0.0706 e. The Morgan fingerprint density at radius 2 is 1.88 bits per heavy atom. The van der Waals surface area contributed by atoms with Crippen LogP contribution in [-0.2, 0) is 0 Å². The number of nitrogens with zero attached hydrogens (tertiary/aromatic N) is 1. The van der Waals surface area contributed by atoms with Crippen LogP contribution in [0, 0.1) is 0 Å². The molecule has 0 saturated carbocycles. The maximum Gasteiger partial charge on any atom is 0.0706 e. The Morgan fingerprint density at radius 3 is 2.58 bits per heavy atom. The van der Waals surface area contributed by atoms with Gasteiger partial charge in [-0.1, -0.05) is 87.1 Å². The lowest BCUT2D eigenvalue weighted by Gasteiger charge is -2.05. The van der Waals surface area contributed by atoms with Crippen molar-refractivity contribution in [2.75, 3.05) is 0 Å². The number of rotatable bonds is 6. The SMILES string of the molecule is C=CC(=C)\C=C/C(=N\C(=C)/C=C\C)C1=C/C/C=C\C=C/C(=C)/C=C\1. The van der Waals surface area contributed by atoms with Gasteiger partial charge in [0.25, 0.3) is 0 Å². The van der Waals surface area contributed by atoms with Crippen LogP contribution in [-0.4, -0.2) is 5.71 Å². The summed E-state index contributed by atoms with van der Waals surface area (Å²) in [5.74, 6) is 0. The summed E-state index contributed by atoms with van der Waals surface area (Å²) < 4.78 is 0. The Morgan fingerprint density at radius 1 is 1.08 bits per heavy atom. The van der Waals surface area contributed by atoms with Crippen molar-refractivity contribution in [3.05, 3.63) is 122 Å². The topological polar surface area (TPSA) is 12.4 Å². The minimum Gasteiger partial charge on any atom is -0.249 e. The van der Waals surface area contributed by atoms with E-state index in [0.29, 0.717) is 5.70 Å². The second-order valence-electron chi connectivity index (χ2n) is 5.19. The van der Waals surface area contributed by atoms with Gasteiger partial charge in [0.2, 0.25) is 0 Å². The number of hydrogen-bond donors (Lipinski definition) is 0. The fourth-order valence-electron chi connectivity index (χ4n) is 1.88. The summed E-state index contributed by atoms with van der Waals surface area (Å²) >= 11 is 0. The molecule has 0 saturated heterocycles. The predicted octanol–water partition coefficient (Wildman–Crippen LogP) is 6.37. The summed E-state index contributed by atoms with van der Waals surface area (Å²) in [5, 5.41) is 0. The molecule has 0 radical (unpaired) electrons. The molecule has 0 N–H and O–H groups in total. The Bertz CT molecular complexity index is 713. The van der Waals surface area contributed by atoms with E-state index in [-0.39, 0.29) is 0 Å². The van der Waals surface area contributed by atoms with Gasteiger partial charge in [0.05, 0.1) is 11.4 Å². The second kappa shape index (κ2) is 10.7. The van der Waals surface area contributed by atoms with Crippen LogP contribution in [0.5, 0.6) is 0 Å². The highest BCUT2D eigenvalue weighted by Crippen LogP contribution is 2.12. The first kappa shape index (κ1) is 19.1. The highest BCUT2D eigenvalue weighted by atomic mass is 14.7. The summed E-state index contributed by atoms with van der Waals surface area (Å²) in [6.07, 6.45) is 24.4. The van der Waals surface area contributed by atoms with Crippen molar-refractivity contribution >= 4 is 5.71 Å². The molecule has 1 aliphatic rings. The highest BCUT2D eigenvalue weighted by Gasteiger charge is 2.02. The first-order valence-corrected chi connectivity index (χ1v) is 7.87. The zero-order chi connectivity index (χ0) is 17.8. The normalized spacial score (nSPS) is 22.0. The lowest BCUT2D eigenvalue weighted by atomic mass is 10.0. The van der Waals surface area contributed by atoms with Crippen molar-refractivity contribution in [2.24, 2.45) is 4.99 Å². The van der Waals surface area contributed by atoms with Crippen LogP contribution < -0.4 is 0 Å². The van der Waals surface area contributed by atoms with Gasteiger partial charge in [0.15, 0.2) is 0 Å². The molecule has 0 atom stereocenters. The van der Waals surface area contributed by atoms with E-state index >= 15 is 0 Å². The molecule has 0 aromatic rings. The molecule has 1 aliphatic carbocycles. The molecule has 0 amide bonds. The predicted molar refractivity (Wildman–Crippen MR) is 109 cm³/mol. The Labute approximate surface area is 146 Å². The Kier molecular flexibility index (Phi) is 8.55. The fraction of sp³-hybridized carbons (Fsp3) is 0.0870.